The Hall–Kier alpha value is -1.02. The van der Waals surface area contributed by atoms with E-state index in [4.69, 9.17) is 9.05 Å². The van der Waals surface area contributed by atoms with Crippen molar-refractivity contribution < 1.29 is 32.9 Å². The second-order valence-corrected chi connectivity index (χ2v) is 16.5. The molecule has 290 valence electrons. The molecule has 0 aliphatic rings. The summed E-state index contributed by atoms with van der Waals surface area (Å²) < 4.78 is 23.4. The van der Waals surface area contributed by atoms with Crippen LogP contribution in [-0.2, 0) is 18.4 Å². The van der Waals surface area contributed by atoms with Crippen molar-refractivity contribution in [3.05, 3.63) is 24.3 Å². The number of aliphatic hydroxyl groups excluding tert-OH is 1. The van der Waals surface area contributed by atoms with Gasteiger partial charge in [-0.2, -0.15) is 0 Å². The third-order valence-corrected chi connectivity index (χ3v) is 9.91. The molecule has 0 aliphatic carbocycles. The largest absolute Gasteiger partial charge is 0.472 e. The van der Waals surface area contributed by atoms with Gasteiger partial charge < -0.3 is 19.8 Å². The van der Waals surface area contributed by atoms with Gasteiger partial charge in [-0.15, -0.1) is 0 Å². The molecule has 0 radical (unpaired) electrons. The molecule has 0 bridgehead atoms. The van der Waals surface area contributed by atoms with Crippen LogP contribution in [-0.4, -0.2) is 73.4 Å². The maximum absolute atomic E-state index is 12.8. The number of phosphoric ester groups is 1. The Bertz CT molecular complexity index is 860. The molecule has 0 fully saturated rings. The van der Waals surface area contributed by atoms with Crippen LogP contribution >= 0.6 is 7.82 Å². The molecule has 0 aromatic rings. The predicted octanol–water partition coefficient (Wildman–Crippen LogP) is 10.6. The van der Waals surface area contributed by atoms with Crippen LogP contribution in [0.5, 0.6) is 0 Å². The van der Waals surface area contributed by atoms with Gasteiger partial charge in [0.25, 0.3) is 0 Å². The smallest absolute Gasteiger partial charge is 0.387 e. The summed E-state index contributed by atoms with van der Waals surface area (Å²) in [4.78, 5) is 23.0. The molecule has 0 aromatic heterocycles. The predicted molar refractivity (Wildman–Crippen MR) is 208 cm³/mol. The molecule has 3 unspecified atom stereocenters. The van der Waals surface area contributed by atoms with E-state index in [1.54, 1.807) is 6.08 Å². The molecule has 0 aromatic carbocycles. The van der Waals surface area contributed by atoms with Gasteiger partial charge in [0, 0.05) is 6.42 Å². The molecule has 3 atom stereocenters. The standard InChI is InChI=1S/C40H79N2O6P/c1-6-8-10-12-14-16-18-19-20-21-22-24-26-28-30-32-34-40(44)41-38(37-48-49(45,46)47-36-35-42(3,4)5)39(43)33-31-29-27-25-23-17-15-13-11-9-7-2/h23,25,31,33,38-39,43H,6-22,24,26-30,32,34-37H2,1-5H3,(H-,41,44,45,46)/p+1/b25-23+,33-31+. The van der Waals surface area contributed by atoms with Gasteiger partial charge in [0.15, 0.2) is 0 Å². The van der Waals surface area contributed by atoms with E-state index < -0.39 is 20.0 Å². The molecule has 0 aliphatic heterocycles. The molecular weight excluding hydrogens is 635 g/mol. The van der Waals surface area contributed by atoms with Gasteiger partial charge in [-0.05, 0) is 32.1 Å². The Morgan fingerprint density at radius 1 is 0.673 bits per heavy atom. The van der Waals surface area contributed by atoms with Crippen molar-refractivity contribution in [2.24, 2.45) is 0 Å². The summed E-state index contributed by atoms with van der Waals surface area (Å²) in [7, 11) is 1.56. The minimum absolute atomic E-state index is 0.0578. The minimum Gasteiger partial charge on any atom is -0.387 e. The highest BCUT2D eigenvalue weighted by atomic mass is 31.2. The zero-order valence-corrected chi connectivity index (χ0v) is 33.6. The normalized spacial score (nSPS) is 14.8. The number of aliphatic hydroxyl groups is 1. The fourth-order valence-electron chi connectivity index (χ4n) is 5.64. The second-order valence-electron chi connectivity index (χ2n) is 15.0. The molecule has 8 nitrogen and oxygen atoms in total. The number of unbranched alkanes of at least 4 members (excludes halogenated alkanes) is 21. The van der Waals surface area contributed by atoms with E-state index in [1.165, 1.54) is 116 Å². The van der Waals surface area contributed by atoms with Crippen molar-refractivity contribution >= 4 is 13.7 Å². The summed E-state index contributed by atoms with van der Waals surface area (Å²) in [6.45, 7) is 4.76. The van der Waals surface area contributed by atoms with E-state index in [0.717, 1.165) is 38.5 Å². The van der Waals surface area contributed by atoms with Crippen LogP contribution in [0.2, 0.25) is 0 Å². The Labute approximate surface area is 303 Å². The number of quaternary nitrogens is 1. The molecule has 0 saturated heterocycles. The summed E-state index contributed by atoms with van der Waals surface area (Å²) in [6, 6.07) is -0.856. The van der Waals surface area contributed by atoms with Crippen molar-refractivity contribution in [2.75, 3.05) is 40.9 Å². The average Bonchev–Trinajstić information content (AvgIpc) is 3.04. The lowest BCUT2D eigenvalue weighted by Crippen LogP contribution is -2.45. The number of likely N-dealkylation sites (N-methyl/N-ethyl adjacent to an activating group) is 1. The van der Waals surface area contributed by atoms with Gasteiger partial charge in [0.05, 0.1) is 39.9 Å². The summed E-state index contributed by atoms with van der Waals surface area (Å²) in [5.74, 6) is -0.188. The Kier molecular flexibility index (Phi) is 32.2. The maximum atomic E-state index is 12.8. The van der Waals surface area contributed by atoms with Crippen LogP contribution in [0.3, 0.4) is 0 Å². The topological polar surface area (TPSA) is 105 Å². The van der Waals surface area contributed by atoms with E-state index in [1.807, 2.05) is 27.2 Å². The van der Waals surface area contributed by atoms with Crippen LogP contribution in [0.25, 0.3) is 0 Å². The van der Waals surface area contributed by atoms with E-state index in [-0.39, 0.29) is 19.1 Å². The van der Waals surface area contributed by atoms with E-state index in [9.17, 15) is 19.4 Å². The molecule has 49 heavy (non-hydrogen) atoms. The van der Waals surface area contributed by atoms with Crippen molar-refractivity contribution in [1.82, 2.24) is 5.32 Å². The van der Waals surface area contributed by atoms with Crippen LogP contribution in [0.4, 0.5) is 0 Å². The summed E-state index contributed by atoms with van der Waals surface area (Å²) in [5.41, 5.74) is 0. The zero-order chi connectivity index (χ0) is 36.5. The van der Waals surface area contributed by atoms with Gasteiger partial charge in [0.2, 0.25) is 5.91 Å². The molecule has 0 rings (SSSR count). The first-order valence-corrected chi connectivity index (χ1v) is 21.7. The first-order chi connectivity index (χ1) is 23.5. The number of hydrogen-bond donors (Lipinski definition) is 3. The van der Waals surface area contributed by atoms with E-state index in [2.05, 4.69) is 31.3 Å². The van der Waals surface area contributed by atoms with Gasteiger partial charge >= 0.3 is 7.82 Å². The molecule has 0 spiro atoms. The van der Waals surface area contributed by atoms with Gasteiger partial charge in [0.1, 0.15) is 13.2 Å². The maximum Gasteiger partial charge on any atom is 0.472 e. The Balaban J connectivity index is 4.47. The SMILES string of the molecule is CCCCCCC/C=C/CC/C=C/C(O)C(COP(=O)(O)OCC[N+](C)(C)C)NC(=O)CCCCCCCCCCCCCCCCCC. The Morgan fingerprint density at radius 2 is 1.12 bits per heavy atom. The lowest BCUT2D eigenvalue weighted by Gasteiger charge is -2.25. The number of hydrogen-bond acceptors (Lipinski definition) is 5. The van der Waals surface area contributed by atoms with Crippen LogP contribution in [0.1, 0.15) is 174 Å². The van der Waals surface area contributed by atoms with Gasteiger partial charge in [-0.25, -0.2) is 4.57 Å². The number of amides is 1. The third-order valence-electron chi connectivity index (χ3n) is 8.92. The first kappa shape index (κ1) is 48.0. The highest BCUT2D eigenvalue weighted by molar-refractivity contribution is 7.47. The summed E-state index contributed by atoms with van der Waals surface area (Å²) >= 11 is 0. The van der Waals surface area contributed by atoms with Crippen molar-refractivity contribution in [1.29, 1.82) is 0 Å². The van der Waals surface area contributed by atoms with Gasteiger partial charge in [-0.1, -0.05) is 160 Å². The van der Waals surface area contributed by atoms with Crippen LogP contribution in [0.15, 0.2) is 24.3 Å². The number of allylic oxidation sites excluding steroid dienone is 3. The van der Waals surface area contributed by atoms with E-state index >= 15 is 0 Å². The lowest BCUT2D eigenvalue weighted by atomic mass is 10.0. The number of nitrogens with one attached hydrogen (secondary N) is 1. The fourth-order valence-corrected chi connectivity index (χ4v) is 6.38. The van der Waals surface area contributed by atoms with Crippen LogP contribution < -0.4 is 5.32 Å². The number of rotatable bonds is 36. The second kappa shape index (κ2) is 32.9. The highest BCUT2D eigenvalue weighted by Gasteiger charge is 2.27. The van der Waals surface area contributed by atoms with Gasteiger partial charge in [-0.3, -0.25) is 13.8 Å². The highest BCUT2D eigenvalue weighted by Crippen LogP contribution is 2.43. The molecule has 0 heterocycles. The third kappa shape index (κ3) is 35.2. The number of nitrogens with zero attached hydrogens (tertiary/aromatic N) is 1. The number of phosphoric acid groups is 1. The molecule has 9 heteroatoms. The fraction of sp³-hybridized carbons (Fsp3) is 0.875. The van der Waals surface area contributed by atoms with Crippen molar-refractivity contribution in [2.45, 2.75) is 187 Å². The van der Waals surface area contributed by atoms with Crippen molar-refractivity contribution in [3.8, 4) is 0 Å². The monoisotopic (exact) mass is 716 g/mol. The molecule has 0 saturated carbocycles. The molecule has 1 amide bonds. The molecular formula is C40H80N2O6P+. The molecule has 3 N–H and O–H groups in total. The lowest BCUT2D eigenvalue weighted by molar-refractivity contribution is -0.870. The quantitative estimate of drug-likeness (QED) is 0.0258. The first-order valence-electron chi connectivity index (χ1n) is 20.2. The summed E-state index contributed by atoms with van der Waals surface area (Å²) in [6.07, 6.45) is 36.7. The van der Waals surface area contributed by atoms with E-state index in [0.29, 0.717) is 17.4 Å². The minimum atomic E-state index is -4.33. The summed E-state index contributed by atoms with van der Waals surface area (Å²) in [5, 5.41) is 13.7. The Morgan fingerprint density at radius 3 is 1.63 bits per heavy atom. The zero-order valence-electron chi connectivity index (χ0n) is 32.7. The van der Waals surface area contributed by atoms with Crippen LogP contribution in [0, 0.1) is 0 Å². The van der Waals surface area contributed by atoms with Crippen molar-refractivity contribution in [3.63, 3.8) is 0 Å². The number of carbonyl (C=O) groups is 1. The number of carbonyl (C=O) groups excluding carboxylic acids is 1. The average molecular weight is 716 g/mol.